The Kier molecular flexibility index (Phi) is 4.84. The van der Waals surface area contributed by atoms with Crippen LogP contribution >= 0.6 is 0 Å². The molecule has 4 aliphatic rings. The summed E-state index contributed by atoms with van der Waals surface area (Å²) in [6.45, 7) is 3.37. The second kappa shape index (κ2) is 7.38. The average molecular weight is 402 g/mol. The van der Waals surface area contributed by atoms with Crippen LogP contribution in [0.2, 0.25) is 0 Å². The zero-order valence-corrected chi connectivity index (χ0v) is 17.2. The first kappa shape index (κ1) is 19.0. The third-order valence-electron chi connectivity index (χ3n) is 7.28. The van der Waals surface area contributed by atoms with E-state index in [9.17, 15) is 9.59 Å². The first-order chi connectivity index (χ1) is 14.0. The lowest BCUT2D eigenvalue weighted by molar-refractivity contribution is -0.132. The molecule has 0 spiro atoms. The second-order valence-corrected chi connectivity index (χ2v) is 9.65. The first-order valence-electron chi connectivity index (χ1n) is 11.2. The van der Waals surface area contributed by atoms with Crippen LogP contribution in [-0.4, -0.2) is 58.1 Å². The van der Waals surface area contributed by atoms with E-state index in [4.69, 9.17) is 4.42 Å². The molecular weight excluding hydrogens is 370 g/mol. The predicted molar refractivity (Wildman–Crippen MR) is 105 cm³/mol. The van der Waals surface area contributed by atoms with Crippen molar-refractivity contribution in [3.63, 3.8) is 0 Å². The van der Waals surface area contributed by atoms with Gasteiger partial charge >= 0.3 is 0 Å². The number of aromatic nitrogens is 2. The maximum Gasteiger partial charge on any atom is 0.237 e. The minimum atomic E-state index is -0.258. The molecule has 0 unspecified atom stereocenters. The van der Waals surface area contributed by atoms with Crippen LogP contribution in [0.5, 0.6) is 0 Å². The van der Waals surface area contributed by atoms with Gasteiger partial charge in [0.05, 0.1) is 6.04 Å². The van der Waals surface area contributed by atoms with Gasteiger partial charge in [-0.2, -0.15) is 0 Å². The van der Waals surface area contributed by atoms with Gasteiger partial charge in [-0.1, -0.05) is 26.2 Å². The number of fused-ring (bicyclic) bond motifs is 1. The fourth-order valence-corrected chi connectivity index (χ4v) is 5.23. The molecule has 4 fully saturated rings. The summed E-state index contributed by atoms with van der Waals surface area (Å²) in [5, 5.41) is 14.7. The molecule has 2 amide bonds. The minimum absolute atomic E-state index is 0.0160. The number of amides is 2. The Morgan fingerprint density at radius 2 is 2.07 bits per heavy atom. The summed E-state index contributed by atoms with van der Waals surface area (Å²) in [5.74, 6) is 2.07. The van der Waals surface area contributed by atoms with Gasteiger partial charge in [-0.05, 0) is 32.1 Å². The van der Waals surface area contributed by atoms with E-state index in [-0.39, 0.29) is 35.4 Å². The number of carbonyl (C=O) groups is 2. The number of hydrogen-bond acceptors (Lipinski definition) is 6. The topological polar surface area (TPSA) is 100 Å². The molecule has 158 valence electrons. The highest BCUT2D eigenvalue weighted by atomic mass is 16.4. The minimum Gasteiger partial charge on any atom is -0.425 e. The molecule has 0 bridgehead atoms. The van der Waals surface area contributed by atoms with Gasteiger partial charge in [0, 0.05) is 42.9 Å². The van der Waals surface area contributed by atoms with Crippen LogP contribution in [0.4, 0.5) is 0 Å². The van der Waals surface area contributed by atoms with E-state index in [0.29, 0.717) is 37.7 Å². The van der Waals surface area contributed by atoms with Crippen molar-refractivity contribution in [3.8, 4) is 0 Å². The van der Waals surface area contributed by atoms with Crippen molar-refractivity contribution in [1.82, 2.24) is 25.7 Å². The van der Waals surface area contributed by atoms with Crippen molar-refractivity contribution >= 4 is 11.8 Å². The molecule has 2 saturated heterocycles. The Morgan fingerprint density at radius 3 is 2.83 bits per heavy atom. The van der Waals surface area contributed by atoms with Gasteiger partial charge in [-0.3, -0.25) is 14.5 Å². The zero-order chi connectivity index (χ0) is 20.0. The molecule has 29 heavy (non-hydrogen) atoms. The Labute approximate surface area is 171 Å². The van der Waals surface area contributed by atoms with Crippen LogP contribution in [-0.2, 0) is 16.0 Å². The molecule has 3 atom stereocenters. The summed E-state index contributed by atoms with van der Waals surface area (Å²) in [7, 11) is 0. The Morgan fingerprint density at radius 1 is 1.28 bits per heavy atom. The molecule has 2 aliphatic heterocycles. The number of carbonyl (C=O) groups excluding carboxylic acids is 2. The molecule has 2 saturated carbocycles. The maximum absolute atomic E-state index is 12.9. The molecule has 2 N–H and O–H groups in total. The van der Waals surface area contributed by atoms with Crippen molar-refractivity contribution in [1.29, 1.82) is 0 Å². The van der Waals surface area contributed by atoms with E-state index < -0.39 is 0 Å². The second-order valence-electron chi connectivity index (χ2n) is 9.65. The van der Waals surface area contributed by atoms with Crippen molar-refractivity contribution < 1.29 is 14.0 Å². The lowest BCUT2D eigenvalue weighted by atomic mass is 9.75. The van der Waals surface area contributed by atoms with Crippen LogP contribution in [0, 0.1) is 5.41 Å². The van der Waals surface area contributed by atoms with Crippen LogP contribution in [0.3, 0.4) is 0 Å². The van der Waals surface area contributed by atoms with Crippen LogP contribution in [0.25, 0.3) is 0 Å². The van der Waals surface area contributed by atoms with E-state index >= 15 is 0 Å². The molecule has 8 heteroatoms. The van der Waals surface area contributed by atoms with Crippen LogP contribution in [0.15, 0.2) is 4.42 Å². The summed E-state index contributed by atoms with van der Waals surface area (Å²) in [6.07, 6.45) is 8.97. The fourth-order valence-electron chi connectivity index (χ4n) is 5.23. The Hall–Kier alpha value is -1.96. The van der Waals surface area contributed by atoms with Crippen molar-refractivity contribution in [2.45, 2.75) is 88.8 Å². The lowest BCUT2D eigenvalue weighted by Gasteiger charge is -2.36. The lowest BCUT2D eigenvalue weighted by Crippen LogP contribution is -2.58. The summed E-state index contributed by atoms with van der Waals surface area (Å²) in [5.41, 5.74) is -0.258. The number of nitrogens with one attached hydrogen (secondary N) is 2. The summed E-state index contributed by atoms with van der Waals surface area (Å²) in [4.78, 5) is 27.6. The van der Waals surface area contributed by atoms with E-state index in [0.717, 1.165) is 44.4 Å². The number of rotatable bonds is 5. The van der Waals surface area contributed by atoms with Gasteiger partial charge in [-0.15, -0.1) is 10.2 Å². The smallest absolute Gasteiger partial charge is 0.237 e. The summed E-state index contributed by atoms with van der Waals surface area (Å²) < 4.78 is 5.84. The molecule has 8 nitrogen and oxygen atoms in total. The SMILES string of the molecule is CC1(C(=O)N[C@H]2C[C@H]3C(=O)NC[C@@H](Cc4nnc(C5CC5)o4)N3C2)CCCCC1. The molecular formula is C21H31N5O3. The number of hydrogen-bond donors (Lipinski definition) is 2. The maximum atomic E-state index is 12.9. The molecule has 1 aromatic heterocycles. The molecule has 2 aliphatic carbocycles. The van der Waals surface area contributed by atoms with Gasteiger partial charge in [0.25, 0.3) is 0 Å². The highest BCUT2D eigenvalue weighted by molar-refractivity contribution is 5.84. The van der Waals surface area contributed by atoms with Gasteiger partial charge < -0.3 is 15.1 Å². The zero-order valence-electron chi connectivity index (χ0n) is 17.2. The fraction of sp³-hybridized carbons (Fsp3) is 0.810. The van der Waals surface area contributed by atoms with Crippen molar-refractivity contribution in [2.75, 3.05) is 13.1 Å². The summed E-state index contributed by atoms with van der Waals surface area (Å²) >= 11 is 0. The normalized spacial score (nSPS) is 31.9. The van der Waals surface area contributed by atoms with Crippen LogP contribution < -0.4 is 10.6 Å². The van der Waals surface area contributed by atoms with Crippen molar-refractivity contribution in [2.24, 2.45) is 5.41 Å². The largest absolute Gasteiger partial charge is 0.425 e. The molecule has 0 radical (unpaired) electrons. The van der Waals surface area contributed by atoms with Crippen molar-refractivity contribution in [3.05, 3.63) is 11.8 Å². The van der Waals surface area contributed by atoms with E-state index in [2.05, 4.69) is 32.7 Å². The van der Waals surface area contributed by atoms with Gasteiger partial charge in [-0.25, -0.2) is 0 Å². The highest BCUT2D eigenvalue weighted by Gasteiger charge is 2.45. The number of piperazine rings is 1. The van der Waals surface area contributed by atoms with E-state index in [1.807, 2.05) is 0 Å². The Balaban J connectivity index is 1.23. The average Bonchev–Trinajstić information content (AvgIpc) is 3.30. The van der Waals surface area contributed by atoms with Gasteiger partial charge in [0.2, 0.25) is 23.6 Å². The quantitative estimate of drug-likeness (QED) is 0.776. The third kappa shape index (κ3) is 3.79. The standard InChI is InChI=1S/C21H31N5O3/c1-21(7-3-2-4-8-21)20(28)23-14-9-16-18(27)22-11-15(26(16)12-14)10-17-24-25-19(29-17)13-5-6-13/h13-16H,2-12H2,1H3,(H,22,27)(H,23,28)/t14-,15+,16-/m0/s1. The number of nitrogens with zero attached hydrogens (tertiary/aromatic N) is 3. The van der Waals surface area contributed by atoms with E-state index in [1.165, 1.54) is 6.42 Å². The monoisotopic (exact) mass is 401 g/mol. The highest BCUT2D eigenvalue weighted by Crippen LogP contribution is 2.39. The predicted octanol–water partition coefficient (Wildman–Crippen LogP) is 1.52. The summed E-state index contributed by atoms with van der Waals surface area (Å²) in [6, 6.07) is -0.0521. The van der Waals surface area contributed by atoms with Gasteiger partial charge in [0.1, 0.15) is 0 Å². The molecule has 5 rings (SSSR count). The van der Waals surface area contributed by atoms with Gasteiger partial charge in [0.15, 0.2) is 0 Å². The third-order valence-corrected chi connectivity index (χ3v) is 7.28. The molecule has 3 heterocycles. The molecule has 0 aromatic carbocycles. The first-order valence-corrected chi connectivity index (χ1v) is 11.2. The van der Waals surface area contributed by atoms with E-state index in [1.54, 1.807) is 0 Å². The molecule has 1 aromatic rings. The Bertz CT molecular complexity index is 783. The van der Waals surface area contributed by atoms with Crippen LogP contribution in [0.1, 0.15) is 76.0 Å².